The Morgan fingerprint density at radius 3 is 3.00 bits per heavy atom. The molecule has 1 heterocycles. The molecule has 2 nitrogen and oxygen atoms in total. The maximum Gasteiger partial charge on any atom is 0.0984 e. The average molecular weight is 297 g/mol. The van der Waals surface area contributed by atoms with E-state index in [4.69, 9.17) is 10.7 Å². The summed E-state index contributed by atoms with van der Waals surface area (Å²) in [6.45, 7) is 0. The number of benzene rings is 1. The van der Waals surface area contributed by atoms with Crippen LogP contribution in [0, 0.1) is 0 Å². The Labute approximate surface area is 107 Å². The summed E-state index contributed by atoms with van der Waals surface area (Å²) in [7, 11) is 0. The van der Waals surface area contributed by atoms with Gasteiger partial charge in [-0.15, -0.1) is 11.3 Å². The lowest BCUT2D eigenvalue weighted by molar-refractivity contribution is 0.611. The van der Waals surface area contributed by atoms with Gasteiger partial charge in [0.25, 0.3) is 0 Å². The van der Waals surface area contributed by atoms with Crippen molar-refractivity contribution in [2.45, 2.75) is 31.2 Å². The van der Waals surface area contributed by atoms with Crippen LogP contribution in [0.3, 0.4) is 0 Å². The van der Waals surface area contributed by atoms with E-state index in [0.29, 0.717) is 12.0 Å². The molecule has 0 radical (unpaired) electrons. The van der Waals surface area contributed by atoms with Crippen molar-refractivity contribution in [3.8, 4) is 0 Å². The Balaban J connectivity index is 2.04. The van der Waals surface area contributed by atoms with Gasteiger partial charge in [-0.25, -0.2) is 4.98 Å². The van der Waals surface area contributed by atoms with E-state index in [-0.39, 0.29) is 0 Å². The zero-order valence-electron chi connectivity index (χ0n) is 8.82. The third-order valence-electron chi connectivity index (χ3n) is 3.25. The van der Waals surface area contributed by atoms with E-state index in [1.807, 2.05) is 6.07 Å². The largest absolute Gasteiger partial charge is 0.327 e. The maximum absolute atomic E-state index is 6.12. The molecule has 3 rings (SSSR count). The van der Waals surface area contributed by atoms with E-state index < -0.39 is 0 Å². The molecule has 84 valence electrons. The third kappa shape index (κ3) is 1.79. The molecule has 1 saturated carbocycles. The summed E-state index contributed by atoms with van der Waals surface area (Å²) in [5, 5.41) is 1.22. The Bertz CT molecular complexity index is 523. The molecule has 2 N–H and O–H groups in total. The monoisotopic (exact) mass is 296 g/mol. The lowest BCUT2D eigenvalue weighted by atomic mass is 10.1. The van der Waals surface area contributed by atoms with Crippen LogP contribution >= 0.6 is 27.3 Å². The van der Waals surface area contributed by atoms with Gasteiger partial charge >= 0.3 is 0 Å². The molecule has 16 heavy (non-hydrogen) atoms. The number of nitrogens with zero attached hydrogens (tertiary/aromatic N) is 1. The Morgan fingerprint density at radius 2 is 2.25 bits per heavy atom. The molecule has 0 aliphatic heterocycles. The summed E-state index contributed by atoms with van der Waals surface area (Å²) >= 11 is 5.28. The van der Waals surface area contributed by atoms with Gasteiger partial charge < -0.3 is 5.73 Å². The van der Waals surface area contributed by atoms with Gasteiger partial charge in [0.15, 0.2) is 0 Å². The summed E-state index contributed by atoms with van der Waals surface area (Å²) in [5.41, 5.74) is 7.22. The van der Waals surface area contributed by atoms with Crippen molar-refractivity contribution in [1.29, 1.82) is 0 Å². The lowest BCUT2D eigenvalue weighted by Crippen LogP contribution is -2.22. The summed E-state index contributed by atoms with van der Waals surface area (Å²) in [5.74, 6) is 0.483. The van der Waals surface area contributed by atoms with E-state index in [9.17, 15) is 0 Å². The number of thiazole rings is 1. The fourth-order valence-electron chi connectivity index (χ4n) is 2.37. The highest BCUT2D eigenvalue weighted by molar-refractivity contribution is 9.10. The van der Waals surface area contributed by atoms with E-state index in [0.717, 1.165) is 16.4 Å². The second kappa shape index (κ2) is 4.09. The molecule has 0 saturated heterocycles. The number of fused-ring (bicyclic) bond motifs is 1. The van der Waals surface area contributed by atoms with Crippen LogP contribution < -0.4 is 5.73 Å². The van der Waals surface area contributed by atoms with Crippen LogP contribution in [0.5, 0.6) is 0 Å². The molecule has 1 aromatic carbocycles. The molecule has 2 atom stereocenters. The maximum atomic E-state index is 6.12. The normalized spacial score (nSPS) is 25.4. The smallest absolute Gasteiger partial charge is 0.0984 e. The minimum Gasteiger partial charge on any atom is -0.327 e. The van der Waals surface area contributed by atoms with Crippen molar-refractivity contribution in [3.05, 3.63) is 27.7 Å². The molecular formula is C12H13BrN2S. The van der Waals surface area contributed by atoms with Crippen LogP contribution in [-0.4, -0.2) is 11.0 Å². The second-order valence-corrected chi connectivity index (χ2v) is 6.34. The van der Waals surface area contributed by atoms with Gasteiger partial charge in [0.1, 0.15) is 0 Å². The molecule has 4 heteroatoms. The molecule has 0 spiro atoms. The Hall–Kier alpha value is -0.450. The van der Waals surface area contributed by atoms with Gasteiger partial charge in [0.05, 0.1) is 15.2 Å². The summed E-state index contributed by atoms with van der Waals surface area (Å²) in [6, 6.07) is 6.56. The predicted molar refractivity (Wildman–Crippen MR) is 71.9 cm³/mol. The van der Waals surface area contributed by atoms with E-state index >= 15 is 0 Å². The van der Waals surface area contributed by atoms with Crippen molar-refractivity contribution in [1.82, 2.24) is 4.98 Å². The molecule has 1 aliphatic carbocycles. The van der Waals surface area contributed by atoms with Crippen LogP contribution in [0.2, 0.25) is 0 Å². The first-order valence-electron chi connectivity index (χ1n) is 5.55. The van der Waals surface area contributed by atoms with E-state index in [2.05, 4.69) is 28.1 Å². The van der Waals surface area contributed by atoms with Gasteiger partial charge in [-0.05, 0) is 31.0 Å². The van der Waals surface area contributed by atoms with Gasteiger partial charge in [-0.2, -0.15) is 0 Å². The number of nitrogens with two attached hydrogens (primary N) is 1. The van der Waals surface area contributed by atoms with Crippen molar-refractivity contribution >= 4 is 37.5 Å². The highest BCUT2D eigenvalue weighted by Crippen LogP contribution is 2.37. The van der Waals surface area contributed by atoms with Crippen LogP contribution in [0.25, 0.3) is 10.2 Å². The first-order chi connectivity index (χ1) is 7.74. The predicted octanol–water partition coefficient (Wildman–Crippen LogP) is 3.65. The SMILES string of the molecule is NC1CCCC1c1nc2ccc(Br)cc2s1. The van der Waals surface area contributed by atoms with Crippen molar-refractivity contribution in [3.63, 3.8) is 0 Å². The zero-order chi connectivity index (χ0) is 11.1. The first kappa shape index (κ1) is 10.7. The summed E-state index contributed by atoms with van der Waals surface area (Å²) in [6.07, 6.45) is 3.58. The molecular weight excluding hydrogens is 284 g/mol. The fourth-order valence-corrected chi connectivity index (χ4v) is 4.10. The van der Waals surface area contributed by atoms with Gasteiger partial charge in [-0.3, -0.25) is 0 Å². The van der Waals surface area contributed by atoms with E-state index in [1.54, 1.807) is 11.3 Å². The molecule has 2 aromatic rings. The minimum absolute atomic E-state index is 0.309. The molecule has 1 fully saturated rings. The number of hydrogen-bond acceptors (Lipinski definition) is 3. The highest BCUT2D eigenvalue weighted by atomic mass is 79.9. The molecule has 0 amide bonds. The van der Waals surface area contributed by atoms with Gasteiger partial charge in [-0.1, -0.05) is 22.4 Å². The standard InChI is InChI=1S/C12H13BrN2S/c13-7-4-5-10-11(6-7)16-12(15-10)8-2-1-3-9(8)14/h4-6,8-9H,1-3,14H2. The second-order valence-electron chi connectivity index (χ2n) is 4.37. The van der Waals surface area contributed by atoms with Crippen molar-refractivity contribution < 1.29 is 0 Å². The third-order valence-corrected chi connectivity index (χ3v) is 4.90. The summed E-state index contributed by atoms with van der Waals surface area (Å²) < 4.78 is 2.37. The Morgan fingerprint density at radius 1 is 1.38 bits per heavy atom. The van der Waals surface area contributed by atoms with Crippen LogP contribution in [-0.2, 0) is 0 Å². The van der Waals surface area contributed by atoms with Crippen molar-refractivity contribution in [2.24, 2.45) is 5.73 Å². The summed E-state index contributed by atoms with van der Waals surface area (Å²) in [4.78, 5) is 4.70. The average Bonchev–Trinajstić information content (AvgIpc) is 2.82. The fraction of sp³-hybridized carbons (Fsp3) is 0.417. The van der Waals surface area contributed by atoms with Crippen LogP contribution in [0.1, 0.15) is 30.2 Å². The molecule has 1 aliphatic rings. The molecule has 2 unspecified atom stereocenters. The van der Waals surface area contributed by atoms with E-state index in [1.165, 1.54) is 22.5 Å². The number of rotatable bonds is 1. The topological polar surface area (TPSA) is 38.9 Å². The lowest BCUT2D eigenvalue weighted by Gasteiger charge is -2.10. The first-order valence-corrected chi connectivity index (χ1v) is 7.16. The van der Waals surface area contributed by atoms with Crippen LogP contribution in [0.15, 0.2) is 22.7 Å². The van der Waals surface area contributed by atoms with Gasteiger partial charge in [0, 0.05) is 16.4 Å². The van der Waals surface area contributed by atoms with Crippen molar-refractivity contribution in [2.75, 3.05) is 0 Å². The molecule has 0 bridgehead atoms. The number of halogens is 1. The number of hydrogen-bond donors (Lipinski definition) is 1. The van der Waals surface area contributed by atoms with Gasteiger partial charge in [0.2, 0.25) is 0 Å². The molecule has 1 aromatic heterocycles. The number of aromatic nitrogens is 1. The zero-order valence-corrected chi connectivity index (χ0v) is 11.2. The minimum atomic E-state index is 0.309. The highest BCUT2D eigenvalue weighted by Gasteiger charge is 2.28. The quantitative estimate of drug-likeness (QED) is 0.872. The Kier molecular flexibility index (Phi) is 2.73. The van der Waals surface area contributed by atoms with Crippen LogP contribution in [0.4, 0.5) is 0 Å².